The summed E-state index contributed by atoms with van der Waals surface area (Å²) in [5.41, 5.74) is 3.39. The third-order valence-corrected chi connectivity index (χ3v) is 6.32. The highest BCUT2D eigenvalue weighted by Gasteiger charge is 2.41. The smallest absolute Gasteiger partial charge is 0.237 e. The highest BCUT2D eigenvalue weighted by Crippen LogP contribution is 2.31. The molecule has 7 heteroatoms. The van der Waals surface area contributed by atoms with Crippen LogP contribution in [-0.2, 0) is 28.9 Å². The number of amides is 1. The fraction of sp³-hybridized carbons (Fsp3) is 0.458. The second kappa shape index (κ2) is 9.85. The quantitative estimate of drug-likeness (QED) is 0.633. The summed E-state index contributed by atoms with van der Waals surface area (Å²) < 4.78 is 31.8. The number of hydrogen-bond acceptors (Lipinski definition) is 4. The number of halogens is 2. The molecule has 0 bridgehead atoms. The zero-order chi connectivity index (χ0) is 21.8. The first-order valence-electron chi connectivity index (χ1n) is 10.8. The Balaban J connectivity index is 1.43. The predicted octanol–water partition coefficient (Wildman–Crippen LogP) is 2.43. The van der Waals surface area contributed by atoms with E-state index in [0.717, 1.165) is 25.5 Å². The molecule has 0 radical (unpaired) electrons. The summed E-state index contributed by atoms with van der Waals surface area (Å²) in [7, 11) is 1.61. The molecule has 2 aliphatic rings. The van der Waals surface area contributed by atoms with Crippen molar-refractivity contribution in [2.75, 3.05) is 26.8 Å². The van der Waals surface area contributed by atoms with E-state index in [9.17, 15) is 13.6 Å². The van der Waals surface area contributed by atoms with Crippen LogP contribution in [-0.4, -0.2) is 55.7 Å². The molecule has 1 saturated heterocycles. The lowest BCUT2D eigenvalue weighted by Gasteiger charge is -2.29. The van der Waals surface area contributed by atoms with Gasteiger partial charge in [0.2, 0.25) is 5.91 Å². The number of hydrogen-bond donors (Lipinski definition) is 2. The molecule has 1 aliphatic heterocycles. The molecular formula is C24H29F2N3O2. The summed E-state index contributed by atoms with van der Waals surface area (Å²) in [6, 6.07) is 12.6. The molecule has 166 valence electrons. The molecule has 31 heavy (non-hydrogen) atoms. The Morgan fingerprint density at radius 1 is 1.13 bits per heavy atom. The number of benzene rings is 2. The zero-order valence-electron chi connectivity index (χ0n) is 17.7. The van der Waals surface area contributed by atoms with Gasteiger partial charge in [-0.25, -0.2) is 8.78 Å². The van der Waals surface area contributed by atoms with Gasteiger partial charge < -0.3 is 15.4 Å². The van der Waals surface area contributed by atoms with Crippen LogP contribution in [0.4, 0.5) is 8.78 Å². The van der Waals surface area contributed by atoms with Crippen LogP contribution in [0, 0.1) is 11.6 Å². The van der Waals surface area contributed by atoms with Gasteiger partial charge in [0.25, 0.3) is 0 Å². The van der Waals surface area contributed by atoms with E-state index in [1.807, 2.05) is 0 Å². The number of carbonyl (C=O) groups is 1. The molecule has 1 amide bonds. The van der Waals surface area contributed by atoms with Gasteiger partial charge in [-0.1, -0.05) is 30.3 Å². The molecule has 0 aromatic heterocycles. The van der Waals surface area contributed by atoms with Gasteiger partial charge in [0, 0.05) is 38.8 Å². The van der Waals surface area contributed by atoms with E-state index < -0.39 is 11.6 Å². The van der Waals surface area contributed by atoms with Gasteiger partial charge in [-0.15, -0.1) is 0 Å². The van der Waals surface area contributed by atoms with E-state index in [2.05, 4.69) is 39.8 Å². The summed E-state index contributed by atoms with van der Waals surface area (Å²) >= 11 is 0. The molecule has 2 aromatic carbocycles. The number of likely N-dealkylation sites (tertiary alicyclic amines) is 1. The molecule has 0 spiro atoms. The van der Waals surface area contributed by atoms with Crippen molar-refractivity contribution in [1.82, 2.24) is 15.5 Å². The van der Waals surface area contributed by atoms with Crippen molar-refractivity contribution in [1.29, 1.82) is 0 Å². The molecule has 1 fully saturated rings. The van der Waals surface area contributed by atoms with Crippen LogP contribution in [0.2, 0.25) is 0 Å². The van der Waals surface area contributed by atoms with Gasteiger partial charge in [0.15, 0.2) is 11.6 Å². The Hall–Kier alpha value is -2.35. The van der Waals surface area contributed by atoms with Crippen LogP contribution in [0.15, 0.2) is 42.5 Å². The second-order valence-electron chi connectivity index (χ2n) is 8.39. The minimum atomic E-state index is -0.843. The minimum Gasteiger partial charge on any atom is -0.383 e. The molecule has 0 saturated carbocycles. The summed E-state index contributed by atoms with van der Waals surface area (Å²) in [4.78, 5) is 15.2. The monoisotopic (exact) mass is 429 g/mol. The number of ether oxygens (including phenoxy) is 1. The second-order valence-corrected chi connectivity index (χ2v) is 8.39. The van der Waals surface area contributed by atoms with E-state index in [-0.39, 0.29) is 24.0 Å². The maximum absolute atomic E-state index is 13.5. The topological polar surface area (TPSA) is 53.6 Å². The van der Waals surface area contributed by atoms with Gasteiger partial charge in [0.1, 0.15) is 0 Å². The number of nitrogens with one attached hydrogen (secondary N) is 2. The fourth-order valence-corrected chi connectivity index (χ4v) is 4.75. The Kier molecular flexibility index (Phi) is 6.95. The van der Waals surface area contributed by atoms with Crippen molar-refractivity contribution in [3.63, 3.8) is 0 Å². The first-order valence-corrected chi connectivity index (χ1v) is 10.8. The molecule has 5 nitrogen and oxygen atoms in total. The maximum atomic E-state index is 13.5. The van der Waals surface area contributed by atoms with Gasteiger partial charge in [-0.05, 0) is 48.1 Å². The average Bonchev–Trinajstić information content (AvgIpc) is 3.38. The SMILES string of the molecule is COCCNC(=O)[C@@H]1C[C@@H](NCc2ccc(F)c(F)c2)CN1C1Cc2ccccc2C1. The summed E-state index contributed by atoms with van der Waals surface area (Å²) in [5, 5.41) is 6.42. The van der Waals surface area contributed by atoms with E-state index in [4.69, 9.17) is 4.74 Å². The number of carbonyl (C=O) groups excluding carboxylic acids is 1. The Bertz CT molecular complexity index is 898. The van der Waals surface area contributed by atoms with E-state index in [1.165, 1.54) is 17.2 Å². The van der Waals surface area contributed by atoms with E-state index >= 15 is 0 Å². The normalized spacial score (nSPS) is 21.4. The van der Waals surface area contributed by atoms with Crippen molar-refractivity contribution in [2.45, 2.75) is 43.9 Å². The standard InChI is InChI=1S/C24H29F2N3O2/c1-31-9-8-27-24(30)23-13-19(28-14-16-6-7-21(25)22(26)10-16)15-29(23)20-11-17-4-2-3-5-18(17)12-20/h2-7,10,19-20,23,28H,8-9,11-15H2,1H3,(H,27,30)/t19-,23+/m1/s1. The summed E-state index contributed by atoms with van der Waals surface area (Å²) in [6.07, 6.45) is 2.55. The Labute approximate surface area is 181 Å². The molecule has 1 aliphatic carbocycles. The molecule has 2 N–H and O–H groups in total. The first-order chi connectivity index (χ1) is 15.0. The molecular weight excluding hydrogens is 400 g/mol. The lowest BCUT2D eigenvalue weighted by atomic mass is 10.1. The Morgan fingerprint density at radius 2 is 1.87 bits per heavy atom. The van der Waals surface area contributed by atoms with Crippen LogP contribution in [0.25, 0.3) is 0 Å². The van der Waals surface area contributed by atoms with Crippen molar-refractivity contribution in [2.24, 2.45) is 0 Å². The number of nitrogens with zero attached hydrogens (tertiary/aromatic N) is 1. The summed E-state index contributed by atoms with van der Waals surface area (Å²) in [6.45, 7) is 2.13. The largest absolute Gasteiger partial charge is 0.383 e. The third kappa shape index (κ3) is 5.11. The minimum absolute atomic E-state index is 0.0186. The predicted molar refractivity (Wildman–Crippen MR) is 115 cm³/mol. The summed E-state index contributed by atoms with van der Waals surface area (Å²) in [5.74, 6) is -1.67. The number of rotatable bonds is 8. The maximum Gasteiger partial charge on any atom is 0.237 e. The lowest BCUT2D eigenvalue weighted by molar-refractivity contribution is -0.126. The van der Waals surface area contributed by atoms with Gasteiger partial charge >= 0.3 is 0 Å². The highest BCUT2D eigenvalue weighted by molar-refractivity contribution is 5.82. The number of methoxy groups -OCH3 is 1. The number of fused-ring (bicyclic) bond motifs is 1. The van der Waals surface area contributed by atoms with Crippen LogP contribution >= 0.6 is 0 Å². The van der Waals surface area contributed by atoms with Crippen molar-refractivity contribution in [3.05, 3.63) is 70.8 Å². The fourth-order valence-electron chi connectivity index (χ4n) is 4.75. The van der Waals surface area contributed by atoms with E-state index in [0.29, 0.717) is 31.7 Å². The van der Waals surface area contributed by atoms with E-state index in [1.54, 1.807) is 13.2 Å². The van der Waals surface area contributed by atoms with Crippen LogP contribution in [0.3, 0.4) is 0 Å². The average molecular weight is 430 g/mol. The molecule has 2 atom stereocenters. The van der Waals surface area contributed by atoms with Gasteiger partial charge in [-0.2, -0.15) is 0 Å². The Morgan fingerprint density at radius 3 is 2.55 bits per heavy atom. The highest BCUT2D eigenvalue weighted by atomic mass is 19.2. The molecule has 0 unspecified atom stereocenters. The van der Waals surface area contributed by atoms with Crippen molar-refractivity contribution >= 4 is 5.91 Å². The van der Waals surface area contributed by atoms with Crippen LogP contribution in [0.1, 0.15) is 23.1 Å². The zero-order valence-corrected chi connectivity index (χ0v) is 17.7. The van der Waals surface area contributed by atoms with Crippen molar-refractivity contribution in [3.8, 4) is 0 Å². The molecule has 1 heterocycles. The van der Waals surface area contributed by atoms with Crippen LogP contribution < -0.4 is 10.6 Å². The van der Waals surface area contributed by atoms with Crippen molar-refractivity contribution < 1.29 is 18.3 Å². The molecule has 4 rings (SSSR count). The van der Waals surface area contributed by atoms with Crippen LogP contribution in [0.5, 0.6) is 0 Å². The van der Waals surface area contributed by atoms with Gasteiger partial charge in [0.05, 0.1) is 12.6 Å². The first kappa shape index (κ1) is 21.9. The third-order valence-electron chi connectivity index (χ3n) is 6.32. The lowest BCUT2D eigenvalue weighted by Crippen LogP contribution is -2.48. The molecule has 2 aromatic rings. The van der Waals surface area contributed by atoms with Gasteiger partial charge in [-0.3, -0.25) is 9.69 Å².